The van der Waals surface area contributed by atoms with Gasteiger partial charge >= 0.3 is 0 Å². The second-order valence-corrected chi connectivity index (χ2v) is 6.24. The summed E-state index contributed by atoms with van der Waals surface area (Å²) >= 11 is 0. The lowest BCUT2D eigenvalue weighted by Gasteiger charge is -2.37. The molecule has 2 aromatic carbocycles. The molecule has 3 nitrogen and oxygen atoms in total. The zero-order valence-electron chi connectivity index (χ0n) is 12.6. The van der Waals surface area contributed by atoms with Gasteiger partial charge in [-0.1, -0.05) is 36.4 Å². The molecule has 0 bridgehead atoms. The molecule has 1 N–H and O–H groups in total. The first kappa shape index (κ1) is 14.9. The van der Waals surface area contributed by atoms with Gasteiger partial charge in [-0.2, -0.15) is 0 Å². The SMILES string of the molecule is O=C([O-])c1ccc([C@H]2Nc3c(F)cc(F)cc3[C@H]3C=CC[C@@H]32)cc1. The Balaban J connectivity index is 1.76. The third-order valence-electron chi connectivity index (χ3n) is 4.89. The maximum Gasteiger partial charge on any atom is 0.149 e. The van der Waals surface area contributed by atoms with Gasteiger partial charge in [0.25, 0.3) is 0 Å². The molecule has 2 aliphatic rings. The number of carbonyl (C=O) groups excluding carboxylic acids is 1. The van der Waals surface area contributed by atoms with Crippen LogP contribution in [0, 0.1) is 17.6 Å². The molecule has 1 heterocycles. The van der Waals surface area contributed by atoms with E-state index in [2.05, 4.69) is 5.32 Å². The van der Waals surface area contributed by atoms with Crippen LogP contribution in [-0.2, 0) is 0 Å². The Labute approximate surface area is 137 Å². The number of hydrogen-bond acceptors (Lipinski definition) is 3. The van der Waals surface area contributed by atoms with Gasteiger partial charge in [-0.25, -0.2) is 8.78 Å². The van der Waals surface area contributed by atoms with E-state index in [1.807, 2.05) is 12.2 Å². The van der Waals surface area contributed by atoms with Crippen LogP contribution in [0.25, 0.3) is 0 Å². The molecule has 4 rings (SSSR count). The first-order valence-corrected chi connectivity index (χ1v) is 7.78. The smallest absolute Gasteiger partial charge is 0.149 e. The van der Waals surface area contributed by atoms with Crippen molar-refractivity contribution in [2.45, 2.75) is 18.4 Å². The minimum Gasteiger partial charge on any atom is -0.545 e. The van der Waals surface area contributed by atoms with E-state index in [1.165, 1.54) is 18.2 Å². The third kappa shape index (κ3) is 2.28. The lowest BCUT2D eigenvalue weighted by atomic mass is 9.77. The second kappa shape index (κ2) is 5.44. The van der Waals surface area contributed by atoms with Gasteiger partial charge in [0.15, 0.2) is 0 Å². The summed E-state index contributed by atoms with van der Waals surface area (Å²) in [7, 11) is 0. The van der Waals surface area contributed by atoms with Crippen molar-refractivity contribution in [3.8, 4) is 0 Å². The maximum absolute atomic E-state index is 14.2. The number of benzene rings is 2. The molecule has 2 aromatic rings. The number of fused-ring (bicyclic) bond motifs is 3. The highest BCUT2D eigenvalue weighted by Gasteiger charge is 2.39. The van der Waals surface area contributed by atoms with Gasteiger partial charge in [-0.3, -0.25) is 0 Å². The molecule has 0 spiro atoms. The highest BCUT2D eigenvalue weighted by atomic mass is 19.1. The zero-order valence-corrected chi connectivity index (χ0v) is 12.6. The van der Waals surface area contributed by atoms with Gasteiger partial charge in [0.1, 0.15) is 11.6 Å². The molecular weight excluding hydrogens is 312 g/mol. The minimum absolute atomic E-state index is 0.0581. The average Bonchev–Trinajstić information content (AvgIpc) is 3.04. The molecule has 0 amide bonds. The number of rotatable bonds is 2. The second-order valence-electron chi connectivity index (χ2n) is 6.24. The minimum atomic E-state index is -1.23. The quantitative estimate of drug-likeness (QED) is 0.863. The summed E-state index contributed by atoms with van der Waals surface area (Å²) in [6.07, 6.45) is 4.81. The summed E-state index contributed by atoms with van der Waals surface area (Å²) in [6, 6.07) is 8.48. The number of carboxylic acid groups (broad SMARTS) is 1. The van der Waals surface area contributed by atoms with Crippen LogP contribution in [0.4, 0.5) is 14.5 Å². The molecule has 0 fully saturated rings. The molecule has 1 aliphatic heterocycles. The first-order valence-electron chi connectivity index (χ1n) is 7.78. The molecule has 0 unspecified atom stereocenters. The van der Waals surface area contributed by atoms with E-state index in [4.69, 9.17) is 0 Å². The van der Waals surface area contributed by atoms with Crippen molar-refractivity contribution >= 4 is 11.7 Å². The largest absolute Gasteiger partial charge is 0.545 e. The molecule has 0 aromatic heterocycles. The van der Waals surface area contributed by atoms with Crippen molar-refractivity contribution in [3.05, 3.63) is 76.9 Å². The zero-order chi connectivity index (χ0) is 16.8. The van der Waals surface area contributed by atoms with Crippen molar-refractivity contribution in [1.82, 2.24) is 0 Å². The fraction of sp³-hybridized carbons (Fsp3) is 0.211. The van der Waals surface area contributed by atoms with Crippen molar-refractivity contribution < 1.29 is 18.7 Å². The van der Waals surface area contributed by atoms with Crippen molar-refractivity contribution in [2.75, 3.05) is 5.32 Å². The Bertz CT molecular complexity index is 845. The molecule has 1 aliphatic carbocycles. The Morgan fingerprint density at radius 3 is 2.62 bits per heavy atom. The van der Waals surface area contributed by atoms with Gasteiger partial charge in [0.2, 0.25) is 0 Å². The molecule has 24 heavy (non-hydrogen) atoms. The predicted molar refractivity (Wildman–Crippen MR) is 83.5 cm³/mol. The van der Waals surface area contributed by atoms with E-state index in [1.54, 1.807) is 12.1 Å². The summed E-state index contributed by atoms with van der Waals surface area (Å²) < 4.78 is 27.8. The molecule has 5 heteroatoms. The highest BCUT2D eigenvalue weighted by molar-refractivity contribution is 5.85. The number of halogens is 2. The van der Waals surface area contributed by atoms with Crippen LogP contribution < -0.4 is 10.4 Å². The summed E-state index contributed by atoms with van der Waals surface area (Å²) in [5.74, 6) is -2.35. The van der Waals surface area contributed by atoms with E-state index in [0.29, 0.717) is 11.3 Å². The highest BCUT2D eigenvalue weighted by Crippen LogP contribution is 2.50. The van der Waals surface area contributed by atoms with Crippen LogP contribution in [-0.4, -0.2) is 5.97 Å². The van der Waals surface area contributed by atoms with E-state index in [0.717, 1.165) is 18.1 Å². The number of carbonyl (C=O) groups is 1. The Hall–Kier alpha value is -2.69. The maximum atomic E-state index is 14.2. The number of carboxylic acids is 1. The predicted octanol–water partition coefficient (Wildman–Crippen LogP) is 3.15. The van der Waals surface area contributed by atoms with Crippen molar-refractivity contribution in [2.24, 2.45) is 5.92 Å². The average molecular weight is 326 g/mol. The molecule has 0 radical (unpaired) electrons. The van der Waals surface area contributed by atoms with Gasteiger partial charge in [-0.05, 0) is 35.1 Å². The van der Waals surface area contributed by atoms with E-state index in [9.17, 15) is 18.7 Å². The molecule has 122 valence electrons. The van der Waals surface area contributed by atoms with E-state index in [-0.39, 0.29) is 23.4 Å². The molecular formula is C19H14F2NO2-. The van der Waals surface area contributed by atoms with Gasteiger partial charge < -0.3 is 15.2 Å². The number of hydrogen-bond donors (Lipinski definition) is 1. The molecule has 3 atom stereocenters. The molecule has 0 saturated heterocycles. The van der Waals surface area contributed by atoms with Crippen molar-refractivity contribution in [3.63, 3.8) is 0 Å². The Kier molecular flexibility index (Phi) is 3.37. The van der Waals surface area contributed by atoms with Crippen LogP contribution in [0.5, 0.6) is 0 Å². The number of aromatic carboxylic acids is 1. The van der Waals surface area contributed by atoms with Crippen LogP contribution in [0.3, 0.4) is 0 Å². The topological polar surface area (TPSA) is 52.2 Å². The Morgan fingerprint density at radius 2 is 1.92 bits per heavy atom. The van der Waals surface area contributed by atoms with Crippen LogP contribution in [0.2, 0.25) is 0 Å². The summed E-state index contributed by atoms with van der Waals surface area (Å²) in [6.45, 7) is 0. The normalized spacial score (nSPS) is 24.2. The van der Waals surface area contributed by atoms with Crippen LogP contribution in [0.1, 0.15) is 39.9 Å². The fourth-order valence-electron chi connectivity index (χ4n) is 3.78. The number of nitrogens with one attached hydrogen (secondary N) is 1. The lowest BCUT2D eigenvalue weighted by Crippen LogP contribution is -2.30. The van der Waals surface area contributed by atoms with Gasteiger partial charge in [0.05, 0.1) is 17.7 Å². The lowest BCUT2D eigenvalue weighted by molar-refractivity contribution is -0.255. The van der Waals surface area contributed by atoms with Crippen molar-refractivity contribution in [1.29, 1.82) is 0 Å². The third-order valence-corrected chi connectivity index (χ3v) is 4.89. The standard InChI is InChI=1S/C19H15F2NO2/c20-12-8-15-13-2-1-3-14(13)17(22-18(15)16(21)9-12)10-4-6-11(7-5-10)19(23)24/h1-2,4-9,13-14,17,22H,3H2,(H,23,24)/p-1/t13-,14-,17+/m0/s1. The van der Waals surface area contributed by atoms with E-state index >= 15 is 0 Å². The molecule has 0 saturated carbocycles. The fourth-order valence-corrected chi connectivity index (χ4v) is 3.78. The summed E-state index contributed by atoms with van der Waals surface area (Å²) in [5, 5.41) is 14.1. The number of anilines is 1. The monoisotopic (exact) mass is 326 g/mol. The van der Waals surface area contributed by atoms with Gasteiger partial charge in [-0.15, -0.1) is 0 Å². The first-order chi connectivity index (χ1) is 11.5. The summed E-state index contributed by atoms with van der Waals surface area (Å²) in [5.41, 5.74) is 1.92. The van der Waals surface area contributed by atoms with E-state index < -0.39 is 17.6 Å². The van der Waals surface area contributed by atoms with Crippen LogP contribution in [0.15, 0.2) is 48.6 Å². The number of allylic oxidation sites excluding steroid dienone is 2. The summed E-state index contributed by atoms with van der Waals surface area (Å²) in [4.78, 5) is 10.9. The van der Waals surface area contributed by atoms with Gasteiger partial charge in [0, 0.05) is 12.0 Å². The van der Waals surface area contributed by atoms with Crippen LogP contribution >= 0.6 is 0 Å². The Morgan fingerprint density at radius 1 is 1.17 bits per heavy atom.